The Bertz CT molecular complexity index is 1180. The van der Waals surface area contributed by atoms with E-state index in [0.29, 0.717) is 24.2 Å². The Morgan fingerprint density at radius 3 is 2.50 bits per heavy atom. The van der Waals surface area contributed by atoms with Gasteiger partial charge in [0.15, 0.2) is 0 Å². The fraction of sp³-hybridized carbons (Fsp3) is 0.333. The molecule has 0 unspecified atom stereocenters. The largest absolute Gasteiger partial charge is 0.464 e. The van der Waals surface area contributed by atoms with Crippen molar-refractivity contribution in [2.24, 2.45) is 0 Å². The summed E-state index contributed by atoms with van der Waals surface area (Å²) in [6.07, 6.45) is -3.83. The third kappa shape index (κ3) is 3.76. The molecule has 1 aliphatic heterocycles. The van der Waals surface area contributed by atoms with Gasteiger partial charge in [-0.15, -0.1) is 0 Å². The molecule has 1 fully saturated rings. The summed E-state index contributed by atoms with van der Waals surface area (Å²) in [6.45, 7) is -0.524. The van der Waals surface area contributed by atoms with Crippen LogP contribution in [-0.4, -0.2) is 57.7 Å². The Morgan fingerprint density at radius 2 is 1.69 bits per heavy atom. The van der Waals surface area contributed by atoms with Crippen LogP contribution in [0.15, 0.2) is 63.6 Å². The number of aliphatic hydroxyl groups is 4. The van der Waals surface area contributed by atoms with Crippen LogP contribution in [0.25, 0.3) is 21.9 Å². The first-order valence-corrected chi connectivity index (χ1v) is 10.5. The number of aliphatic hydroxyl groups excluding tert-OH is 4. The Morgan fingerprint density at radius 1 is 0.875 bits per heavy atom. The van der Waals surface area contributed by atoms with E-state index in [0.717, 1.165) is 27.7 Å². The number of fused-ring (bicyclic) bond motifs is 2. The SMILES string of the molecule is OC[C@H]1O[C@@H](Oc2cccc3occ(CCc4cc5ccccc5o4)c23)[C@H](O)[C@@H](O)[C@@H]1O. The summed E-state index contributed by atoms with van der Waals surface area (Å²) in [6, 6.07) is 15.1. The average Bonchev–Trinajstić information content (AvgIpc) is 3.42. The fourth-order valence-corrected chi connectivity index (χ4v) is 4.11. The summed E-state index contributed by atoms with van der Waals surface area (Å²) in [4.78, 5) is 0. The Labute approximate surface area is 183 Å². The molecule has 0 saturated carbocycles. The average molecular weight is 440 g/mol. The summed E-state index contributed by atoms with van der Waals surface area (Å²) in [5.74, 6) is 1.26. The quantitative estimate of drug-likeness (QED) is 0.359. The van der Waals surface area contributed by atoms with E-state index in [1.165, 1.54) is 0 Å². The van der Waals surface area contributed by atoms with Gasteiger partial charge >= 0.3 is 0 Å². The standard InChI is InChI=1S/C24H24O8/c25-11-19-21(26)22(27)23(28)24(32-19)31-18-7-3-6-17-20(18)14(12-29-17)8-9-15-10-13-4-1-2-5-16(13)30-15/h1-7,10,12,19,21-28H,8-9,11H2/t19-,21-,22+,23-,24-/m1/s1. The Hall–Kier alpha value is -2.88. The van der Waals surface area contributed by atoms with Crippen molar-refractivity contribution in [1.29, 1.82) is 0 Å². The number of hydrogen-bond acceptors (Lipinski definition) is 8. The number of furan rings is 2. The number of benzene rings is 2. The second-order valence-electron chi connectivity index (χ2n) is 7.96. The number of hydrogen-bond donors (Lipinski definition) is 4. The Balaban J connectivity index is 1.39. The lowest BCUT2D eigenvalue weighted by Gasteiger charge is -2.39. The van der Waals surface area contributed by atoms with Crippen LogP contribution in [0.4, 0.5) is 0 Å². The van der Waals surface area contributed by atoms with Crippen molar-refractivity contribution in [3.8, 4) is 5.75 Å². The molecule has 0 spiro atoms. The Kier molecular flexibility index (Phi) is 5.62. The predicted molar refractivity (Wildman–Crippen MR) is 114 cm³/mol. The van der Waals surface area contributed by atoms with Crippen molar-refractivity contribution < 1.29 is 38.7 Å². The first-order chi connectivity index (χ1) is 15.5. The van der Waals surface area contributed by atoms with Gasteiger partial charge in [0.2, 0.25) is 6.29 Å². The van der Waals surface area contributed by atoms with Gasteiger partial charge in [-0.3, -0.25) is 0 Å². The van der Waals surface area contributed by atoms with Gasteiger partial charge in [-0.25, -0.2) is 0 Å². The minimum Gasteiger partial charge on any atom is -0.464 e. The van der Waals surface area contributed by atoms with Crippen molar-refractivity contribution in [3.63, 3.8) is 0 Å². The second kappa shape index (κ2) is 8.57. The van der Waals surface area contributed by atoms with Gasteiger partial charge in [-0.2, -0.15) is 0 Å². The normalized spacial score (nSPS) is 26.1. The molecule has 3 heterocycles. The zero-order valence-electron chi connectivity index (χ0n) is 17.1. The number of aryl methyl sites for hydroxylation is 2. The topological polar surface area (TPSA) is 126 Å². The third-order valence-electron chi connectivity index (χ3n) is 5.85. The van der Waals surface area contributed by atoms with E-state index in [4.69, 9.17) is 18.3 Å². The van der Waals surface area contributed by atoms with E-state index in [9.17, 15) is 20.4 Å². The molecule has 0 aliphatic carbocycles. The van der Waals surface area contributed by atoms with E-state index in [2.05, 4.69) is 0 Å². The molecule has 2 aromatic carbocycles. The highest BCUT2D eigenvalue weighted by atomic mass is 16.7. The van der Waals surface area contributed by atoms with Crippen molar-refractivity contribution in [2.75, 3.05) is 6.61 Å². The van der Waals surface area contributed by atoms with Gasteiger partial charge in [0.25, 0.3) is 0 Å². The van der Waals surface area contributed by atoms with E-state index in [1.807, 2.05) is 30.3 Å². The van der Waals surface area contributed by atoms with E-state index in [-0.39, 0.29) is 0 Å². The molecule has 168 valence electrons. The molecule has 2 aromatic heterocycles. The highest BCUT2D eigenvalue weighted by Crippen LogP contribution is 2.34. The van der Waals surface area contributed by atoms with E-state index >= 15 is 0 Å². The zero-order valence-corrected chi connectivity index (χ0v) is 17.1. The molecule has 0 bridgehead atoms. The van der Waals surface area contributed by atoms with Gasteiger partial charge < -0.3 is 38.7 Å². The van der Waals surface area contributed by atoms with Crippen molar-refractivity contribution >= 4 is 21.9 Å². The maximum absolute atomic E-state index is 10.3. The number of para-hydroxylation sites is 1. The van der Waals surface area contributed by atoms with Crippen molar-refractivity contribution in [1.82, 2.24) is 0 Å². The first-order valence-electron chi connectivity index (χ1n) is 10.5. The second-order valence-corrected chi connectivity index (χ2v) is 7.96. The molecule has 5 rings (SSSR count). The highest BCUT2D eigenvalue weighted by molar-refractivity contribution is 5.87. The molecular formula is C24H24O8. The van der Waals surface area contributed by atoms with Gasteiger partial charge in [-0.05, 0) is 30.7 Å². The number of rotatable bonds is 6. The zero-order chi connectivity index (χ0) is 22.2. The van der Waals surface area contributed by atoms with Gasteiger partial charge in [0, 0.05) is 17.4 Å². The minimum absolute atomic E-state index is 0.403. The lowest BCUT2D eigenvalue weighted by atomic mass is 9.99. The van der Waals surface area contributed by atoms with Crippen LogP contribution in [-0.2, 0) is 17.6 Å². The van der Waals surface area contributed by atoms with Crippen LogP contribution in [0.3, 0.4) is 0 Å². The van der Waals surface area contributed by atoms with Crippen molar-refractivity contribution in [3.05, 3.63) is 66.1 Å². The van der Waals surface area contributed by atoms with Gasteiger partial charge in [0.05, 0.1) is 18.3 Å². The molecule has 8 heteroatoms. The summed E-state index contributed by atoms with van der Waals surface area (Å²) < 4.78 is 23.0. The monoisotopic (exact) mass is 440 g/mol. The lowest BCUT2D eigenvalue weighted by Crippen LogP contribution is -2.60. The summed E-state index contributed by atoms with van der Waals surface area (Å²) >= 11 is 0. The molecule has 4 N–H and O–H groups in total. The molecule has 5 atom stereocenters. The van der Waals surface area contributed by atoms with Crippen LogP contribution < -0.4 is 4.74 Å². The third-order valence-corrected chi connectivity index (χ3v) is 5.85. The summed E-state index contributed by atoms with van der Waals surface area (Å²) in [5, 5.41) is 41.5. The maximum Gasteiger partial charge on any atom is 0.229 e. The molecule has 4 aromatic rings. The molecule has 0 radical (unpaired) electrons. The molecule has 1 aliphatic rings. The molecule has 1 saturated heterocycles. The van der Waals surface area contributed by atoms with E-state index < -0.39 is 37.3 Å². The first kappa shape index (κ1) is 21.0. The molecular weight excluding hydrogens is 416 g/mol. The maximum atomic E-state index is 10.3. The summed E-state index contributed by atoms with van der Waals surface area (Å²) in [7, 11) is 0. The van der Waals surface area contributed by atoms with Gasteiger partial charge in [0.1, 0.15) is 47.1 Å². The summed E-state index contributed by atoms with van der Waals surface area (Å²) in [5.41, 5.74) is 2.33. The van der Waals surface area contributed by atoms with Crippen LogP contribution >= 0.6 is 0 Å². The minimum atomic E-state index is -1.51. The van der Waals surface area contributed by atoms with Crippen LogP contribution in [0, 0.1) is 0 Å². The van der Waals surface area contributed by atoms with Crippen LogP contribution in [0.2, 0.25) is 0 Å². The highest BCUT2D eigenvalue weighted by Gasteiger charge is 2.44. The smallest absolute Gasteiger partial charge is 0.229 e. The van der Waals surface area contributed by atoms with E-state index in [1.54, 1.807) is 24.5 Å². The van der Waals surface area contributed by atoms with Gasteiger partial charge in [-0.1, -0.05) is 24.3 Å². The predicted octanol–water partition coefficient (Wildman–Crippen LogP) is 2.14. The molecule has 8 nitrogen and oxygen atoms in total. The van der Waals surface area contributed by atoms with Crippen LogP contribution in [0.1, 0.15) is 11.3 Å². The van der Waals surface area contributed by atoms with Crippen LogP contribution in [0.5, 0.6) is 5.75 Å². The lowest BCUT2D eigenvalue weighted by molar-refractivity contribution is -0.277. The number of ether oxygens (including phenoxy) is 2. The molecule has 32 heavy (non-hydrogen) atoms. The molecule has 0 amide bonds. The van der Waals surface area contributed by atoms with Crippen molar-refractivity contribution in [2.45, 2.75) is 43.5 Å². The fourth-order valence-electron chi connectivity index (χ4n) is 4.11.